The van der Waals surface area contributed by atoms with Gasteiger partial charge in [0, 0.05) is 41.4 Å². The van der Waals surface area contributed by atoms with E-state index in [9.17, 15) is 0 Å². The van der Waals surface area contributed by atoms with Gasteiger partial charge in [0.1, 0.15) is 5.75 Å². The monoisotopic (exact) mass is 302 g/mol. The maximum absolute atomic E-state index is 8.76. The van der Waals surface area contributed by atoms with Crippen LogP contribution in [0, 0.1) is 11.8 Å². The summed E-state index contributed by atoms with van der Waals surface area (Å²) in [5.41, 5.74) is 2.04. The van der Waals surface area contributed by atoms with Crippen LogP contribution in [-0.4, -0.2) is 28.6 Å². The minimum absolute atomic E-state index is 0.0901. The standard InChI is InChI=1S/C16H18N2O2S/c1-18-11-15(10-17-18)21-12-14-9-13(5-3-4-8-19)6-7-16(14)20-2/h6-7,9-11,19H,4,8,12H2,1-2H3. The number of nitrogens with zero attached hydrogens (tertiary/aromatic N) is 2. The summed E-state index contributed by atoms with van der Waals surface area (Å²) in [6, 6.07) is 5.90. The van der Waals surface area contributed by atoms with E-state index in [0.717, 1.165) is 27.5 Å². The second-order valence-corrected chi connectivity index (χ2v) is 5.49. The SMILES string of the molecule is COc1ccc(C#CCCO)cc1CSc1cnn(C)c1. The molecule has 4 nitrogen and oxygen atoms in total. The topological polar surface area (TPSA) is 47.3 Å². The molecule has 0 amide bonds. The van der Waals surface area contributed by atoms with Gasteiger partial charge in [-0.15, -0.1) is 11.8 Å². The summed E-state index contributed by atoms with van der Waals surface area (Å²) in [7, 11) is 3.58. The average molecular weight is 302 g/mol. The zero-order valence-corrected chi connectivity index (χ0v) is 13.0. The Morgan fingerprint density at radius 1 is 1.43 bits per heavy atom. The first kappa shape index (κ1) is 15.5. The zero-order chi connectivity index (χ0) is 15.1. The number of rotatable bonds is 5. The van der Waals surface area contributed by atoms with Crippen molar-refractivity contribution in [3.63, 3.8) is 0 Å². The first-order valence-corrected chi connectivity index (χ1v) is 7.59. The normalized spacial score (nSPS) is 10.0. The number of hydrogen-bond acceptors (Lipinski definition) is 4. The Morgan fingerprint density at radius 3 is 2.95 bits per heavy atom. The molecule has 0 spiro atoms. The molecule has 0 fully saturated rings. The van der Waals surface area contributed by atoms with Crippen molar-refractivity contribution in [3.8, 4) is 17.6 Å². The predicted molar refractivity (Wildman–Crippen MR) is 84.3 cm³/mol. The van der Waals surface area contributed by atoms with E-state index in [2.05, 4.69) is 16.9 Å². The van der Waals surface area contributed by atoms with Gasteiger partial charge in [0.05, 0.1) is 19.9 Å². The molecule has 0 aliphatic carbocycles. The fourth-order valence-electron chi connectivity index (χ4n) is 1.82. The molecule has 0 aliphatic rings. The third-order valence-corrected chi connectivity index (χ3v) is 3.82. The van der Waals surface area contributed by atoms with Crippen LogP contribution in [0.3, 0.4) is 0 Å². The summed E-state index contributed by atoms with van der Waals surface area (Å²) in [6.07, 6.45) is 4.33. The van der Waals surface area contributed by atoms with E-state index >= 15 is 0 Å². The molecule has 1 heterocycles. The van der Waals surface area contributed by atoms with E-state index in [0.29, 0.717) is 6.42 Å². The second-order valence-electron chi connectivity index (χ2n) is 4.44. The first-order valence-electron chi connectivity index (χ1n) is 6.61. The molecule has 5 heteroatoms. The minimum Gasteiger partial charge on any atom is -0.496 e. The van der Waals surface area contributed by atoms with Crippen molar-refractivity contribution in [1.82, 2.24) is 9.78 Å². The number of methoxy groups -OCH3 is 1. The van der Waals surface area contributed by atoms with Crippen molar-refractivity contribution in [2.45, 2.75) is 17.1 Å². The maximum Gasteiger partial charge on any atom is 0.122 e. The van der Waals surface area contributed by atoms with Gasteiger partial charge in [-0.3, -0.25) is 4.68 Å². The lowest BCUT2D eigenvalue weighted by Crippen LogP contribution is -1.91. The Bertz CT molecular complexity index is 656. The Morgan fingerprint density at radius 2 is 2.29 bits per heavy atom. The van der Waals surface area contributed by atoms with Crippen LogP contribution in [0.4, 0.5) is 0 Å². The molecule has 1 aromatic heterocycles. The van der Waals surface area contributed by atoms with Gasteiger partial charge in [0.15, 0.2) is 0 Å². The third kappa shape index (κ3) is 4.55. The summed E-state index contributed by atoms with van der Waals surface area (Å²) in [6.45, 7) is 0.0901. The lowest BCUT2D eigenvalue weighted by molar-refractivity contribution is 0.305. The molecule has 0 bridgehead atoms. The van der Waals surface area contributed by atoms with Gasteiger partial charge in [-0.2, -0.15) is 5.10 Å². The minimum atomic E-state index is 0.0901. The molecule has 0 saturated heterocycles. The van der Waals surface area contributed by atoms with Crippen molar-refractivity contribution < 1.29 is 9.84 Å². The largest absolute Gasteiger partial charge is 0.496 e. The lowest BCUT2D eigenvalue weighted by Gasteiger charge is -2.08. The van der Waals surface area contributed by atoms with Crippen molar-refractivity contribution >= 4 is 11.8 Å². The van der Waals surface area contributed by atoms with Crippen molar-refractivity contribution in [1.29, 1.82) is 0 Å². The molecule has 0 unspecified atom stereocenters. The highest BCUT2D eigenvalue weighted by Gasteiger charge is 2.06. The molecule has 0 radical (unpaired) electrons. The van der Waals surface area contributed by atoms with E-state index in [1.165, 1.54) is 0 Å². The number of aryl methyl sites for hydroxylation is 1. The van der Waals surface area contributed by atoms with Gasteiger partial charge < -0.3 is 9.84 Å². The van der Waals surface area contributed by atoms with Crippen molar-refractivity contribution in [3.05, 3.63) is 41.7 Å². The molecule has 1 N–H and O–H groups in total. The predicted octanol–water partition coefficient (Wildman–Crippen LogP) is 2.45. The number of ether oxygens (including phenoxy) is 1. The van der Waals surface area contributed by atoms with Crippen LogP contribution >= 0.6 is 11.8 Å². The summed E-state index contributed by atoms with van der Waals surface area (Å²) in [4.78, 5) is 1.12. The quantitative estimate of drug-likeness (QED) is 0.681. The van der Waals surface area contributed by atoms with E-state index in [4.69, 9.17) is 9.84 Å². The highest BCUT2D eigenvalue weighted by Crippen LogP contribution is 2.28. The van der Waals surface area contributed by atoms with E-state index in [1.807, 2.05) is 37.6 Å². The average Bonchev–Trinajstić information content (AvgIpc) is 2.91. The molecule has 2 aromatic rings. The summed E-state index contributed by atoms with van der Waals surface area (Å²) in [5, 5.41) is 12.9. The van der Waals surface area contributed by atoms with Crippen LogP contribution in [0.2, 0.25) is 0 Å². The molecule has 0 saturated carbocycles. The van der Waals surface area contributed by atoms with Gasteiger partial charge in [-0.25, -0.2) is 0 Å². The van der Waals surface area contributed by atoms with E-state index < -0.39 is 0 Å². The second kappa shape index (κ2) is 7.77. The zero-order valence-electron chi connectivity index (χ0n) is 12.2. The molecule has 1 aromatic carbocycles. The Kier molecular flexibility index (Phi) is 5.73. The van der Waals surface area contributed by atoms with Crippen LogP contribution < -0.4 is 4.74 Å². The lowest BCUT2D eigenvalue weighted by atomic mass is 10.1. The number of aromatic nitrogens is 2. The highest BCUT2D eigenvalue weighted by atomic mass is 32.2. The van der Waals surface area contributed by atoms with Crippen molar-refractivity contribution in [2.24, 2.45) is 7.05 Å². The van der Waals surface area contributed by atoms with Crippen LogP contribution in [0.25, 0.3) is 0 Å². The Labute approximate surface area is 129 Å². The van der Waals surface area contributed by atoms with Gasteiger partial charge in [0.25, 0.3) is 0 Å². The van der Waals surface area contributed by atoms with E-state index in [1.54, 1.807) is 23.6 Å². The Balaban J connectivity index is 2.12. The molecule has 0 aliphatic heterocycles. The summed E-state index contributed by atoms with van der Waals surface area (Å²) < 4.78 is 7.19. The van der Waals surface area contributed by atoms with Crippen LogP contribution in [-0.2, 0) is 12.8 Å². The Hall–Kier alpha value is -1.90. The number of aliphatic hydroxyl groups excluding tert-OH is 1. The molecule has 21 heavy (non-hydrogen) atoms. The number of thioether (sulfide) groups is 1. The van der Waals surface area contributed by atoms with Crippen LogP contribution in [0.5, 0.6) is 5.75 Å². The third-order valence-electron chi connectivity index (χ3n) is 2.83. The number of hydrogen-bond donors (Lipinski definition) is 1. The summed E-state index contributed by atoms with van der Waals surface area (Å²) >= 11 is 1.71. The molecule has 110 valence electrons. The molecular weight excluding hydrogens is 284 g/mol. The van der Waals surface area contributed by atoms with Crippen LogP contribution in [0.1, 0.15) is 17.5 Å². The molecule has 0 atom stereocenters. The van der Waals surface area contributed by atoms with Crippen molar-refractivity contribution in [2.75, 3.05) is 13.7 Å². The maximum atomic E-state index is 8.76. The van der Waals surface area contributed by atoms with E-state index in [-0.39, 0.29) is 6.61 Å². The van der Waals surface area contributed by atoms with Gasteiger partial charge in [0.2, 0.25) is 0 Å². The fraction of sp³-hybridized carbons (Fsp3) is 0.312. The first-order chi connectivity index (χ1) is 10.2. The van der Waals surface area contributed by atoms with Gasteiger partial charge in [-0.1, -0.05) is 11.8 Å². The molecular formula is C16H18N2O2S. The highest BCUT2D eigenvalue weighted by molar-refractivity contribution is 7.98. The fourth-order valence-corrected chi connectivity index (χ4v) is 2.72. The van der Waals surface area contributed by atoms with Gasteiger partial charge >= 0.3 is 0 Å². The number of benzene rings is 1. The number of aliphatic hydroxyl groups is 1. The van der Waals surface area contributed by atoms with Gasteiger partial charge in [-0.05, 0) is 18.2 Å². The summed E-state index contributed by atoms with van der Waals surface area (Å²) in [5.74, 6) is 7.64. The smallest absolute Gasteiger partial charge is 0.122 e. The van der Waals surface area contributed by atoms with Crippen LogP contribution in [0.15, 0.2) is 35.5 Å². The molecule has 2 rings (SSSR count).